The lowest BCUT2D eigenvalue weighted by Crippen LogP contribution is -2.48. The van der Waals surface area contributed by atoms with Gasteiger partial charge in [0.2, 0.25) is 5.91 Å². The summed E-state index contributed by atoms with van der Waals surface area (Å²) in [6, 6.07) is 4.10. The summed E-state index contributed by atoms with van der Waals surface area (Å²) in [5.74, 6) is -2.07. The number of halogens is 3. The lowest BCUT2D eigenvalue weighted by atomic mass is 9.83. The third kappa shape index (κ3) is 5.32. The van der Waals surface area contributed by atoms with Gasteiger partial charge in [0, 0.05) is 36.8 Å². The minimum atomic E-state index is -4.43. The summed E-state index contributed by atoms with van der Waals surface area (Å²) in [7, 11) is 0. The fourth-order valence-corrected chi connectivity index (χ4v) is 4.51. The van der Waals surface area contributed by atoms with Crippen LogP contribution < -0.4 is 0 Å². The van der Waals surface area contributed by atoms with Gasteiger partial charge in [-0.15, -0.1) is 0 Å². The summed E-state index contributed by atoms with van der Waals surface area (Å²) >= 11 is 0. The van der Waals surface area contributed by atoms with Crippen molar-refractivity contribution in [1.82, 2.24) is 9.88 Å². The molecule has 0 bridgehead atoms. The van der Waals surface area contributed by atoms with Crippen LogP contribution in [0.2, 0.25) is 0 Å². The number of ether oxygens (including phenoxy) is 1. The van der Waals surface area contributed by atoms with Crippen molar-refractivity contribution in [3.8, 4) is 0 Å². The maximum Gasteiger partial charge on any atom is 0.394 e. The number of carbonyl (C=O) groups is 1. The Morgan fingerprint density at radius 1 is 1.33 bits per heavy atom. The molecule has 168 valence electrons. The number of piperidine rings is 1. The van der Waals surface area contributed by atoms with Gasteiger partial charge in [0.05, 0.1) is 24.7 Å². The molecule has 1 aromatic heterocycles. The maximum atomic E-state index is 12.8. The van der Waals surface area contributed by atoms with Crippen LogP contribution in [0.5, 0.6) is 0 Å². The summed E-state index contributed by atoms with van der Waals surface area (Å²) in [5.41, 5.74) is 1.93. The van der Waals surface area contributed by atoms with E-state index in [1.807, 2.05) is 19.2 Å². The molecule has 2 fully saturated rings. The molecule has 2 aliphatic rings. The fourth-order valence-electron chi connectivity index (χ4n) is 4.51. The molecule has 3 atom stereocenters. The maximum absolute atomic E-state index is 12.8. The van der Waals surface area contributed by atoms with Crippen molar-refractivity contribution in [2.24, 2.45) is 11.8 Å². The van der Waals surface area contributed by atoms with Gasteiger partial charge in [-0.1, -0.05) is 13.0 Å². The Bertz CT molecular complexity index is 715. The van der Waals surface area contributed by atoms with Crippen LogP contribution >= 0.6 is 0 Å². The average Bonchev–Trinajstić information content (AvgIpc) is 3.11. The second-order valence-electron chi connectivity index (χ2n) is 8.85. The number of aromatic nitrogens is 1. The van der Waals surface area contributed by atoms with Crippen molar-refractivity contribution in [1.29, 1.82) is 0 Å². The second-order valence-corrected chi connectivity index (χ2v) is 8.85. The normalized spacial score (nSPS) is 23.5. The molecule has 0 saturated carbocycles. The zero-order chi connectivity index (χ0) is 21.9. The number of aliphatic hydroxyl groups excluding tert-OH is 1. The van der Waals surface area contributed by atoms with Crippen LogP contribution in [-0.4, -0.2) is 59.0 Å². The van der Waals surface area contributed by atoms with Gasteiger partial charge in [-0.05, 0) is 50.7 Å². The first kappa shape index (κ1) is 23.0. The van der Waals surface area contributed by atoms with E-state index in [1.165, 1.54) is 5.56 Å². The second kappa shape index (κ2) is 9.22. The molecule has 2 aliphatic heterocycles. The van der Waals surface area contributed by atoms with Crippen molar-refractivity contribution in [2.45, 2.75) is 63.6 Å². The van der Waals surface area contributed by atoms with Crippen LogP contribution in [0.4, 0.5) is 13.2 Å². The molecule has 1 aromatic rings. The van der Waals surface area contributed by atoms with E-state index in [-0.39, 0.29) is 24.3 Å². The molecule has 3 unspecified atom stereocenters. The quantitative estimate of drug-likeness (QED) is 0.748. The van der Waals surface area contributed by atoms with Gasteiger partial charge < -0.3 is 14.7 Å². The Kier molecular flexibility index (Phi) is 7.07. The molecule has 5 nitrogen and oxygen atoms in total. The third-order valence-corrected chi connectivity index (χ3v) is 6.65. The first-order chi connectivity index (χ1) is 14.1. The lowest BCUT2D eigenvalue weighted by Gasteiger charge is -2.39. The van der Waals surface area contributed by atoms with Crippen LogP contribution in [0.1, 0.15) is 56.2 Å². The molecule has 1 amide bonds. The summed E-state index contributed by atoms with van der Waals surface area (Å²) in [5, 5.41) is 8.96. The van der Waals surface area contributed by atoms with Crippen molar-refractivity contribution in [3.63, 3.8) is 0 Å². The van der Waals surface area contributed by atoms with E-state index in [4.69, 9.17) is 9.84 Å². The van der Waals surface area contributed by atoms with Crippen LogP contribution in [0.3, 0.4) is 0 Å². The van der Waals surface area contributed by atoms with Gasteiger partial charge in [-0.2, -0.15) is 13.2 Å². The standard InChI is InChI=1S/C22H31F3N2O3/c1-15(3-6-19(13-28)22(23,24)25)20(29)27-9-7-21(8-10-27)11-18(14-30-21)17-5-4-16(2)26-12-17/h4-5,12,15,18-19,28H,3,6-11,13-14H2,1-2H3. The predicted octanol–water partition coefficient (Wildman–Crippen LogP) is 3.84. The molecule has 30 heavy (non-hydrogen) atoms. The van der Waals surface area contributed by atoms with Gasteiger partial charge in [0.1, 0.15) is 0 Å². The Morgan fingerprint density at radius 2 is 2.03 bits per heavy atom. The monoisotopic (exact) mass is 428 g/mol. The molecule has 1 spiro atoms. The van der Waals surface area contributed by atoms with E-state index < -0.39 is 24.6 Å². The summed E-state index contributed by atoms with van der Waals surface area (Å²) in [6.45, 7) is 4.46. The fraction of sp³-hybridized carbons (Fsp3) is 0.727. The van der Waals surface area contributed by atoms with E-state index >= 15 is 0 Å². The number of pyridine rings is 1. The molecule has 2 saturated heterocycles. The van der Waals surface area contributed by atoms with Gasteiger partial charge >= 0.3 is 6.18 Å². The average molecular weight is 428 g/mol. The van der Waals surface area contributed by atoms with Crippen LogP contribution in [0.15, 0.2) is 18.3 Å². The Balaban J connectivity index is 1.49. The van der Waals surface area contributed by atoms with Crippen LogP contribution in [-0.2, 0) is 9.53 Å². The zero-order valence-corrected chi connectivity index (χ0v) is 17.6. The van der Waals surface area contributed by atoms with E-state index in [9.17, 15) is 18.0 Å². The van der Waals surface area contributed by atoms with Gasteiger partial charge in [0.25, 0.3) is 0 Å². The number of rotatable bonds is 6. The highest BCUT2D eigenvalue weighted by molar-refractivity contribution is 5.78. The number of hydrogen-bond acceptors (Lipinski definition) is 4. The molecule has 8 heteroatoms. The number of amides is 1. The van der Waals surface area contributed by atoms with E-state index in [0.29, 0.717) is 25.6 Å². The Hall–Kier alpha value is -1.67. The third-order valence-electron chi connectivity index (χ3n) is 6.65. The highest BCUT2D eigenvalue weighted by atomic mass is 19.4. The number of nitrogens with zero attached hydrogens (tertiary/aromatic N) is 2. The van der Waals surface area contributed by atoms with Crippen molar-refractivity contribution < 1.29 is 27.8 Å². The predicted molar refractivity (Wildman–Crippen MR) is 106 cm³/mol. The molecular formula is C22H31F3N2O3. The Labute approximate surface area is 175 Å². The zero-order valence-electron chi connectivity index (χ0n) is 17.6. The van der Waals surface area contributed by atoms with Gasteiger partial charge in [0.15, 0.2) is 0 Å². The molecular weight excluding hydrogens is 397 g/mol. The number of likely N-dealkylation sites (tertiary alicyclic amines) is 1. The molecule has 0 radical (unpaired) electrons. The van der Waals surface area contributed by atoms with Crippen LogP contribution in [0.25, 0.3) is 0 Å². The number of aryl methyl sites for hydroxylation is 1. The molecule has 3 rings (SSSR count). The summed E-state index contributed by atoms with van der Waals surface area (Å²) in [4.78, 5) is 18.8. The largest absolute Gasteiger partial charge is 0.396 e. The smallest absolute Gasteiger partial charge is 0.394 e. The molecule has 0 aromatic carbocycles. The number of alkyl halides is 3. The van der Waals surface area contributed by atoms with E-state index in [0.717, 1.165) is 25.0 Å². The minimum absolute atomic E-state index is 0.110. The van der Waals surface area contributed by atoms with Gasteiger partial charge in [-0.25, -0.2) is 0 Å². The van der Waals surface area contributed by atoms with Gasteiger partial charge in [-0.3, -0.25) is 9.78 Å². The summed E-state index contributed by atoms with van der Waals surface area (Å²) in [6.07, 6.45) is -0.267. The number of carbonyl (C=O) groups excluding carboxylic acids is 1. The molecule has 0 aliphatic carbocycles. The molecule has 1 N–H and O–H groups in total. The first-order valence-corrected chi connectivity index (χ1v) is 10.7. The minimum Gasteiger partial charge on any atom is -0.396 e. The number of aliphatic hydroxyl groups is 1. The first-order valence-electron chi connectivity index (χ1n) is 10.7. The Morgan fingerprint density at radius 3 is 2.60 bits per heavy atom. The van der Waals surface area contributed by atoms with Crippen molar-refractivity contribution in [3.05, 3.63) is 29.6 Å². The number of hydrogen-bond donors (Lipinski definition) is 1. The van der Waals surface area contributed by atoms with Crippen molar-refractivity contribution in [2.75, 3.05) is 26.3 Å². The molecule has 3 heterocycles. The van der Waals surface area contributed by atoms with E-state index in [2.05, 4.69) is 11.1 Å². The topological polar surface area (TPSA) is 62.7 Å². The lowest BCUT2D eigenvalue weighted by molar-refractivity contribution is -0.186. The van der Waals surface area contributed by atoms with Crippen LogP contribution in [0, 0.1) is 18.8 Å². The SMILES string of the molecule is Cc1ccc(C2COC3(CCN(C(=O)C(C)CCC(CO)C(F)(F)F)CC3)C2)cn1. The highest BCUT2D eigenvalue weighted by Gasteiger charge is 2.44. The van der Waals surface area contributed by atoms with E-state index in [1.54, 1.807) is 11.8 Å². The van der Waals surface area contributed by atoms with Crippen molar-refractivity contribution >= 4 is 5.91 Å². The highest BCUT2D eigenvalue weighted by Crippen LogP contribution is 2.43. The summed E-state index contributed by atoms with van der Waals surface area (Å²) < 4.78 is 44.6.